The summed E-state index contributed by atoms with van der Waals surface area (Å²) >= 11 is 0. The molecule has 3 heteroatoms. The molecule has 0 aliphatic heterocycles. The minimum Gasteiger partial charge on any atom is -0.396 e. The molecule has 0 bridgehead atoms. The highest BCUT2D eigenvalue weighted by Crippen LogP contribution is 2.36. The largest absolute Gasteiger partial charge is 0.396 e. The average Bonchev–Trinajstić information content (AvgIpc) is 2.90. The molecule has 124 valence electrons. The Balaban J connectivity index is 2.00. The summed E-state index contributed by atoms with van der Waals surface area (Å²) in [6, 6.07) is 15.8. The fourth-order valence-electron chi connectivity index (χ4n) is 3.64. The van der Waals surface area contributed by atoms with Crippen molar-refractivity contribution in [3.05, 3.63) is 76.3 Å². The lowest BCUT2D eigenvalue weighted by Crippen LogP contribution is -2.10. The molecule has 3 aromatic rings. The topological polar surface area (TPSA) is 49.7 Å². The van der Waals surface area contributed by atoms with Crippen molar-refractivity contribution >= 4 is 28.0 Å². The van der Waals surface area contributed by atoms with Crippen molar-refractivity contribution < 1.29 is 9.90 Å². The second-order valence-electron chi connectivity index (χ2n) is 6.50. The van der Waals surface area contributed by atoms with Gasteiger partial charge in [-0.1, -0.05) is 42.5 Å². The first kappa shape index (κ1) is 15.7. The number of hydrogen-bond donors (Lipinski definition) is 1. The third kappa shape index (κ3) is 2.39. The van der Waals surface area contributed by atoms with Crippen LogP contribution in [0, 0.1) is 13.8 Å². The van der Waals surface area contributed by atoms with Gasteiger partial charge in [0.25, 0.3) is 0 Å². The van der Waals surface area contributed by atoms with Crippen LogP contribution >= 0.6 is 0 Å². The molecule has 0 atom stereocenters. The fraction of sp³-hybridized carbons (Fsp3) is 0.182. The second-order valence-corrected chi connectivity index (χ2v) is 6.50. The molecule has 0 fully saturated rings. The standard InChI is InChI=1S/C22H19NO2/c1-13-7-9-16-10-8-14(2)19-20(16)18(13)21(22(19)25)23-17-6-4-3-5-15(17)11-12-24/h3-10,24H,11-12H2,1-2H3/b23-21+. The molecular formula is C22H19NO2. The van der Waals surface area contributed by atoms with Crippen LogP contribution in [0.3, 0.4) is 0 Å². The molecule has 4 rings (SSSR count). The van der Waals surface area contributed by atoms with E-state index in [4.69, 9.17) is 4.99 Å². The normalized spacial score (nSPS) is 14.7. The number of aryl methyl sites for hydroxylation is 2. The average molecular weight is 329 g/mol. The number of rotatable bonds is 3. The molecule has 0 spiro atoms. The number of carbonyl (C=O) groups is 1. The summed E-state index contributed by atoms with van der Waals surface area (Å²) in [6.07, 6.45) is 0.524. The van der Waals surface area contributed by atoms with Crippen molar-refractivity contribution in [1.29, 1.82) is 0 Å². The Morgan fingerprint density at radius 2 is 1.60 bits per heavy atom. The van der Waals surface area contributed by atoms with Gasteiger partial charge >= 0.3 is 0 Å². The van der Waals surface area contributed by atoms with Crippen molar-refractivity contribution in [3.63, 3.8) is 0 Å². The van der Waals surface area contributed by atoms with Crippen molar-refractivity contribution in [2.75, 3.05) is 6.61 Å². The third-order valence-corrected chi connectivity index (χ3v) is 4.89. The van der Waals surface area contributed by atoms with E-state index in [0.29, 0.717) is 12.1 Å². The maximum Gasteiger partial charge on any atom is 0.212 e. The highest BCUT2D eigenvalue weighted by molar-refractivity contribution is 6.60. The smallest absolute Gasteiger partial charge is 0.212 e. The maximum atomic E-state index is 13.1. The number of Topliss-reactive ketones (excluding diaryl/α,β-unsaturated/α-hetero) is 1. The van der Waals surface area contributed by atoms with Crippen molar-refractivity contribution in [3.8, 4) is 0 Å². The van der Waals surface area contributed by atoms with E-state index < -0.39 is 0 Å². The predicted molar refractivity (Wildman–Crippen MR) is 101 cm³/mol. The molecule has 1 aliphatic rings. The Labute approximate surface area is 146 Å². The predicted octanol–water partition coefficient (Wildman–Crippen LogP) is 4.31. The Hall–Kier alpha value is -2.78. The molecule has 0 aromatic heterocycles. The Kier molecular flexibility index (Phi) is 3.74. The van der Waals surface area contributed by atoms with Gasteiger partial charge < -0.3 is 5.11 Å². The zero-order chi connectivity index (χ0) is 17.6. The van der Waals surface area contributed by atoms with Crippen LogP contribution in [0.25, 0.3) is 10.8 Å². The van der Waals surface area contributed by atoms with Crippen molar-refractivity contribution in [1.82, 2.24) is 0 Å². The Morgan fingerprint density at radius 1 is 0.920 bits per heavy atom. The second kappa shape index (κ2) is 5.94. The first-order chi connectivity index (χ1) is 12.1. The maximum absolute atomic E-state index is 13.1. The van der Waals surface area contributed by atoms with E-state index >= 15 is 0 Å². The van der Waals surface area contributed by atoms with Gasteiger partial charge in [0.05, 0.1) is 5.69 Å². The molecule has 0 unspecified atom stereocenters. The van der Waals surface area contributed by atoms with Gasteiger partial charge in [0.15, 0.2) is 0 Å². The van der Waals surface area contributed by atoms with Gasteiger partial charge in [-0.3, -0.25) is 4.79 Å². The first-order valence-corrected chi connectivity index (χ1v) is 8.47. The van der Waals surface area contributed by atoms with Crippen LogP contribution in [-0.2, 0) is 6.42 Å². The lowest BCUT2D eigenvalue weighted by Gasteiger charge is -2.07. The van der Waals surface area contributed by atoms with Crippen LogP contribution in [0.4, 0.5) is 5.69 Å². The van der Waals surface area contributed by atoms with Gasteiger partial charge in [0.1, 0.15) is 5.71 Å². The van der Waals surface area contributed by atoms with Gasteiger partial charge in [-0.05, 0) is 48.4 Å². The summed E-state index contributed by atoms with van der Waals surface area (Å²) in [4.78, 5) is 17.9. The van der Waals surface area contributed by atoms with Gasteiger partial charge in [-0.25, -0.2) is 4.99 Å². The molecule has 0 radical (unpaired) electrons. The monoisotopic (exact) mass is 329 g/mol. The molecule has 1 aliphatic carbocycles. The van der Waals surface area contributed by atoms with Gasteiger partial charge in [0.2, 0.25) is 5.78 Å². The summed E-state index contributed by atoms with van der Waals surface area (Å²) in [5.74, 6) is -0.00815. The molecule has 0 saturated carbocycles. The van der Waals surface area contributed by atoms with E-state index in [1.54, 1.807) is 0 Å². The minimum atomic E-state index is -0.00815. The molecule has 3 aromatic carbocycles. The number of carbonyl (C=O) groups excluding carboxylic acids is 1. The van der Waals surface area contributed by atoms with Gasteiger partial charge in [-0.2, -0.15) is 0 Å². The molecule has 3 nitrogen and oxygen atoms in total. The van der Waals surface area contributed by atoms with E-state index in [0.717, 1.165) is 44.3 Å². The van der Waals surface area contributed by atoms with Crippen LogP contribution in [0.2, 0.25) is 0 Å². The number of aliphatic imine (C=N–C) groups is 1. The van der Waals surface area contributed by atoms with Crippen LogP contribution in [0.5, 0.6) is 0 Å². The van der Waals surface area contributed by atoms with Crippen LogP contribution in [-0.4, -0.2) is 23.2 Å². The van der Waals surface area contributed by atoms with Crippen LogP contribution in [0.15, 0.2) is 53.5 Å². The molecule has 1 N–H and O–H groups in total. The van der Waals surface area contributed by atoms with E-state index in [1.165, 1.54) is 0 Å². The molecule has 0 amide bonds. The summed E-state index contributed by atoms with van der Waals surface area (Å²) in [7, 11) is 0. The molecule has 0 saturated heterocycles. The Bertz CT molecular complexity index is 1040. The van der Waals surface area contributed by atoms with E-state index in [1.807, 2.05) is 50.2 Å². The zero-order valence-electron chi connectivity index (χ0n) is 14.3. The number of benzene rings is 3. The quantitative estimate of drug-likeness (QED) is 0.778. The SMILES string of the molecule is Cc1ccc2ccc(C)c3c2c1C(=O)/C3=N/c1ccccc1CCO. The Morgan fingerprint density at radius 3 is 2.32 bits per heavy atom. The lowest BCUT2D eigenvalue weighted by atomic mass is 9.98. The summed E-state index contributed by atoms with van der Waals surface area (Å²) in [6.45, 7) is 4.06. The highest BCUT2D eigenvalue weighted by atomic mass is 16.3. The third-order valence-electron chi connectivity index (χ3n) is 4.89. The number of aliphatic hydroxyl groups excluding tert-OH is 1. The van der Waals surface area contributed by atoms with E-state index in [2.05, 4.69) is 12.1 Å². The van der Waals surface area contributed by atoms with Crippen molar-refractivity contribution in [2.24, 2.45) is 4.99 Å². The van der Waals surface area contributed by atoms with Crippen molar-refractivity contribution in [2.45, 2.75) is 20.3 Å². The zero-order valence-corrected chi connectivity index (χ0v) is 14.3. The fourth-order valence-corrected chi connectivity index (χ4v) is 3.64. The van der Waals surface area contributed by atoms with Gasteiger partial charge in [0, 0.05) is 23.1 Å². The summed E-state index contributed by atoms with van der Waals surface area (Å²) in [5.41, 5.74) is 5.97. The number of ketones is 1. The first-order valence-electron chi connectivity index (χ1n) is 8.47. The van der Waals surface area contributed by atoms with E-state index in [-0.39, 0.29) is 12.4 Å². The van der Waals surface area contributed by atoms with E-state index in [9.17, 15) is 9.90 Å². The van der Waals surface area contributed by atoms with Crippen LogP contribution < -0.4 is 0 Å². The molecule has 0 heterocycles. The number of para-hydroxylation sites is 1. The molecular weight excluding hydrogens is 310 g/mol. The molecule has 25 heavy (non-hydrogen) atoms. The number of nitrogens with zero attached hydrogens (tertiary/aromatic N) is 1. The number of hydrogen-bond acceptors (Lipinski definition) is 3. The number of aliphatic hydroxyl groups is 1. The van der Waals surface area contributed by atoms with Gasteiger partial charge in [-0.15, -0.1) is 0 Å². The summed E-state index contributed by atoms with van der Waals surface area (Å²) < 4.78 is 0. The minimum absolute atomic E-state index is 0.00815. The van der Waals surface area contributed by atoms with Crippen LogP contribution in [0.1, 0.15) is 32.6 Å². The summed E-state index contributed by atoms with van der Waals surface area (Å²) in [5, 5.41) is 11.4. The highest BCUT2D eigenvalue weighted by Gasteiger charge is 2.31. The lowest BCUT2D eigenvalue weighted by molar-refractivity contribution is 0.106.